The van der Waals surface area contributed by atoms with E-state index in [1.807, 2.05) is 15.9 Å². The summed E-state index contributed by atoms with van der Waals surface area (Å²) in [5, 5.41) is 22.9. The summed E-state index contributed by atoms with van der Waals surface area (Å²) in [5.41, 5.74) is 1.34. The van der Waals surface area contributed by atoms with Crippen molar-refractivity contribution >= 4 is 23.0 Å². The van der Waals surface area contributed by atoms with E-state index in [1.165, 1.54) is 36.4 Å². The number of halogens is 1. The number of nitro benzene ring substituents is 1. The summed E-state index contributed by atoms with van der Waals surface area (Å²) in [4.78, 5) is 26.5. The molecule has 0 saturated carbocycles. The molecule has 1 heterocycles. The highest BCUT2D eigenvalue weighted by molar-refractivity contribution is 5.92. The average Bonchev–Trinajstić information content (AvgIpc) is 2.70. The zero-order valence-electron chi connectivity index (χ0n) is 15.0. The molecule has 1 N–H and O–H groups in total. The number of nitriles is 1. The van der Waals surface area contributed by atoms with Crippen LogP contribution >= 0.6 is 0 Å². The van der Waals surface area contributed by atoms with Gasteiger partial charge in [0.2, 0.25) is 5.91 Å². The van der Waals surface area contributed by atoms with Crippen LogP contribution in [0.2, 0.25) is 0 Å². The number of amides is 1. The molecule has 0 aliphatic carbocycles. The summed E-state index contributed by atoms with van der Waals surface area (Å²) in [6.45, 7) is 2.61. The molecule has 28 heavy (non-hydrogen) atoms. The normalized spacial score (nSPS) is 14.4. The largest absolute Gasteiger partial charge is 0.368 e. The fourth-order valence-corrected chi connectivity index (χ4v) is 3.09. The van der Waals surface area contributed by atoms with Gasteiger partial charge < -0.3 is 10.2 Å². The van der Waals surface area contributed by atoms with Gasteiger partial charge in [0.25, 0.3) is 5.69 Å². The first kappa shape index (κ1) is 19.3. The topological polar surface area (TPSA) is 103 Å². The van der Waals surface area contributed by atoms with Gasteiger partial charge in [-0.15, -0.1) is 0 Å². The lowest BCUT2D eigenvalue weighted by atomic mass is 10.1. The number of piperazine rings is 1. The summed E-state index contributed by atoms with van der Waals surface area (Å²) < 4.78 is 12.9. The van der Waals surface area contributed by atoms with Crippen LogP contribution in [0.15, 0.2) is 42.5 Å². The van der Waals surface area contributed by atoms with E-state index in [2.05, 4.69) is 5.32 Å². The zero-order chi connectivity index (χ0) is 20.1. The highest BCUT2D eigenvalue weighted by Crippen LogP contribution is 2.25. The zero-order valence-corrected chi connectivity index (χ0v) is 15.0. The Labute approximate surface area is 160 Å². The predicted octanol–water partition coefficient (Wildman–Crippen LogP) is 2.37. The summed E-state index contributed by atoms with van der Waals surface area (Å²) in [6, 6.07) is 11.8. The Hall–Kier alpha value is -3.51. The van der Waals surface area contributed by atoms with Gasteiger partial charge in [0.05, 0.1) is 22.7 Å². The fourth-order valence-electron chi connectivity index (χ4n) is 3.09. The van der Waals surface area contributed by atoms with Gasteiger partial charge in [-0.05, 0) is 30.3 Å². The van der Waals surface area contributed by atoms with Crippen LogP contribution in [-0.2, 0) is 4.79 Å². The van der Waals surface area contributed by atoms with Gasteiger partial charge in [0.1, 0.15) is 11.9 Å². The number of anilines is 2. The molecule has 0 radical (unpaired) electrons. The third-order valence-corrected chi connectivity index (χ3v) is 4.52. The fraction of sp³-hybridized carbons (Fsp3) is 0.263. The number of nitrogens with one attached hydrogen (secondary N) is 1. The van der Waals surface area contributed by atoms with Crippen molar-refractivity contribution < 1.29 is 14.1 Å². The molecular formula is C19H18FN5O3. The van der Waals surface area contributed by atoms with Gasteiger partial charge in [0, 0.05) is 44.0 Å². The lowest BCUT2D eigenvalue weighted by Gasteiger charge is -2.36. The summed E-state index contributed by atoms with van der Waals surface area (Å²) >= 11 is 0. The van der Waals surface area contributed by atoms with Crippen molar-refractivity contribution in [3.63, 3.8) is 0 Å². The second-order valence-electron chi connectivity index (χ2n) is 6.39. The maximum absolute atomic E-state index is 12.9. The summed E-state index contributed by atoms with van der Waals surface area (Å²) in [5.74, 6) is -0.551. The van der Waals surface area contributed by atoms with Crippen molar-refractivity contribution in [2.75, 3.05) is 42.9 Å². The van der Waals surface area contributed by atoms with E-state index in [4.69, 9.17) is 0 Å². The molecule has 1 fully saturated rings. The van der Waals surface area contributed by atoms with Gasteiger partial charge in [-0.2, -0.15) is 5.26 Å². The molecule has 0 aromatic heterocycles. The molecule has 0 spiro atoms. The smallest absolute Gasteiger partial charge is 0.270 e. The predicted molar refractivity (Wildman–Crippen MR) is 101 cm³/mol. The minimum atomic E-state index is -0.526. The van der Waals surface area contributed by atoms with Gasteiger partial charge >= 0.3 is 0 Å². The van der Waals surface area contributed by atoms with Crippen LogP contribution in [0.3, 0.4) is 0 Å². The van der Waals surface area contributed by atoms with Crippen LogP contribution in [0.1, 0.15) is 5.56 Å². The second-order valence-corrected chi connectivity index (χ2v) is 6.39. The van der Waals surface area contributed by atoms with Gasteiger partial charge in [-0.3, -0.25) is 19.8 Å². The van der Waals surface area contributed by atoms with Gasteiger partial charge in [-0.1, -0.05) is 0 Å². The van der Waals surface area contributed by atoms with Crippen LogP contribution in [0, 0.1) is 27.3 Å². The molecule has 8 nitrogen and oxygen atoms in total. The van der Waals surface area contributed by atoms with Crippen LogP contribution in [-0.4, -0.2) is 48.5 Å². The molecule has 1 aliphatic rings. The number of benzene rings is 2. The van der Waals surface area contributed by atoms with E-state index in [-0.39, 0.29) is 29.5 Å². The number of non-ortho nitro benzene ring substituents is 1. The molecule has 9 heteroatoms. The standard InChI is InChI=1S/C19H18FN5O3/c20-15-1-3-16(4-2-15)22-19(26)13-23-7-9-24(10-8-23)18-6-5-17(25(27)28)11-14(18)12-21/h1-6,11H,7-10,13H2,(H,22,26). The van der Waals surface area contributed by atoms with E-state index in [0.29, 0.717) is 37.6 Å². The Morgan fingerprint density at radius 3 is 2.46 bits per heavy atom. The molecule has 1 aliphatic heterocycles. The number of carbonyl (C=O) groups is 1. The van der Waals surface area contributed by atoms with Crippen molar-refractivity contribution in [2.24, 2.45) is 0 Å². The van der Waals surface area contributed by atoms with Crippen molar-refractivity contribution in [1.29, 1.82) is 5.26 Å². The van der Waals surface area contributed by atoms with Crippen molar-refractivity contribution in [2.45, 2.75) is 0 Å². The third-order valence-electron chi connectivity index (χ3n) is 4.52. The number of rotatable bonds is 5. The Morgan fingerprint density at radius 1 is 1.18 bits per heavy atom. The molecule has 1 amide bonds. The molecule has 2 aromatic rings. The number of hydrogen-bond acceptors (Lipinski definition) is 6. The maximum atomic E-state index is 12.9. The lowest BCUT2D eigenvalue weighted by Crippen LogP contribution is -2.48. The molecule has 0 atom stereocenters. The molecular weight excluding hydrogens is 365 g/mol. The van der Waals surface area contributed by atoms with Gasteiger partial charge in [-0.25, -0.2) is 4.39 Å². The Kier molecular flexibility index (Phi) is 5.81. The number of carbonyl (C=O) groups excluding carboxylic acids is 1. The first-order valence-corrected chi connectivity index (χ1v) is 8.67. The Bertz CT molecular complexity index is 918. The average molecular weight is 383 g/mol. The minimum Gasteiger partial charge on any atom is -0.368 e. The van der Waals surface area contributed by atoms with Crippen molar-refractivity contribution in [3.05, 3.63) is 64.0 Å². The SMILES string of the molecule is N#Cc1cc([N+](=O)[O-])ccc1N1CCN(CC(=O)Nc2ccc(F)cc2)CC1. The highest BCUT2D eigenvalue weighted by Gasteiger charge is 2.22. The highest BCUT2D eigenvalue weighted by atomic mass is 19.1. The van der Waals surface area contributed by atoms with Crippen molar-refractivity contribution in [1.82, 2.24) is 4.90 Å². The Morgan fingerprint density at radius 2 is 1.86 bits per heavy atom. The monoisotopic (exact) mass is 383 g/mol. The van der Waals surface area contributed by atoms with E-state index in [1.54, 1.807) is 6.07 Å². The third kappa shape index (κ3) is 4.61. The van der Waals surface area contributed by atoms with E-state index >= 15 is 0 Å². The van der Waals surface area contributed by atoms with Gasteiger partial charge in [0.15, 0.2) is 0 Å². The molecule has 0 unspecified atom stereocenters. The van der Waals surface area contributed by atoms with Crippen LogP contribution in [0.5, 0.6) is 0 Å². The van der Waals surface area contributed by atoms with Crippen LogP contribution in [0.25, 0.3) is 0 Å². The number of nitrogens with zero attached hydrogens (tertiary/aromatic N) is 4. The van der Waals surface area contributed by atoms with E-state index in [9.17, 15) is 24.6 Å². The summed E-state index contributed by atoms with van der Waals surface area (Å²) in [7, 11) is 0. The van der Waals surface area contributed by atoms with E-state index < -0.39 is 4.92 Å². The van der Waals surface area contributed by atoms with Crippen LogP contribution < -0.4 is 10.2 Å². The number of nitro groups is 1. The quantitative estimate of drug-likeness (QED) is 0.628. The number of hydrogen-bond donors (Lipinski definition) is 1. The lowest BCUT2D eigenvalue weighted by molar-refractivity contribution is -0.384. The maximum Gasteiger partial charge on any atom is 0.270 e. The molecule has 2 aromatic carbocycles. The van der Waals surface area contributed by atoms with Crippen LogP contribution in [0.4, 0.5) is 21.5 Å². The summed E-state index contributed by atoms with van der Waals surface area (Å²) in [6.07, 6.45) is 0. The molecule has 1 saturated heterocycles. The molecule has 3 rings (SSSR count). The van der Waals surface area contributed by atoms with E-state index in [0.717, 1.165) is 0 Å². The minimum absolute atomic E-state index is 0.114. The van der Waals surface area contributed by atoms with Crippen molar-refractivity contribution in [3.8, 4) is 6.07 Å². The molecule has 144 valence electrons. The molecule has 0 bridgehead atoms. The first-order chi connectivity index (χ1) is 13.5. The first-order valence-electron chi connectivity index (χ1n) is 8.67. The Balaban J connectivity index is 1.56. The second kappa shape index (κ2) is 8.45.